The van der Waals surface area contributed by atoms with Crippen LogP contribution in [0.5, 0.6) is 0 Å². The maximum atomic E-state index is 13.4. The molecule has 0 spiro atoms. The normalized spacial score (nSPS) is 24.4. The summed E-state index contributed by atoms with van der Waals surface area (Å²) in [4.78, 5) is 27.9. The largest absolute Gasteiger partial charge is 0.444 e. The predicted octanol–water partition coefficient (Wildman–Crippen LogP) is 5.62. The smallest absolute Gasteiger partial charge is 0.410 e. The summed E-state index contributed by atoms with van der Waals surface area (Å²) in [6, 6.07) is 14.9. The number of rotatable bonds is 2. The van der Waals surface area contributed by atoms with Crippen molar-refractivity contribution in [2.45, 2.75) is 70.6 Å². The van der Waals surface area contributed by atoms with Crippen molar-refractivity contribution < 1.29 is 14.3 Å². The van der Waals surface area contributed by atoms with E-state index in [1.54, 1.807) is 0 Å². The first-order valence-corrected chi connectivity index (χ1v) is 11.1. The van der Waals surface area contributed by atoms with Crippen LogP contribution in [-0.4, -0.2) is 34.5 Å². The molecule has 2 unspecified atom stereocenters. The number of amides is 1. The molecule has 2 heterocycles. The number of hydrogen-bond donors (Lipinski definition) is 0. The van der Waals surface area contributed by atoms with Crippen molar-refractivity contribution >= 4 is 11.9 Å². The fourth-order valence-electron chi connectivity index (χ4n) is 5.54. The predicted molar refractivity (Wildman–Crippen MR) is 117 cm³/mol. The first-order chi connectivity index (χ1) is 14.3. The van der Waals surface area contributed by atoms with Crippen molar-refractivity contribution in [3.8, 4) is 11.1 Å². The fraction of sp³-hybridized carbons (Fsp3) is 0.462. The number of nitrogens with zero attached hydrogens (tertiary/aromatic N) is 1. The Balaban J connectivity index is 1.32. The number of ketones is 1. The van der Waals surface area contributed by atoms with Gasteiger partial charge in [0.05, 0.1) is 0 Å². The number of hydrogen-bond acceptors (Lipinski definition) is 3. The molecule has 0 saturated carbocycles. The highest BCUT2D eigenvalue weighted by molar-refractivity contribution is 5.99. The summed E-state index contributed by atoms with van der Waals surface area (Å²) >= 11 is 0. The highest BCUT2D eigenvalue weighted by Crippen LogP contribution is 2.42. The van der Waals surface area contributed by atoms with Crippen LogP contribution in [0, 0.1) is 5.92 Å². The van der Waals surface area contributed by atoms with E-state index in [2.05, 4.69) is 36.4 Å². The summed E-state index contributed by atoms with van der Waals surface area (Å²) in [7, 11) is 0. The number of piperidine rings is 1. The molecule has 2 fully saturated rings. The molecule has 1 amide bonds. The Morgan fingerprint density at radius 1 is 0.933 bits per heavy atom. The van der Waals surface area contributed by atoms with Gasteiger partial charge in [-0.25, -0.2) is 4.79 Å². The quantitative estimate of drug-likeness (QED) is 0.522. The second kappa shape index (κ2) is 6.97. The van der Waals surface area contributed by atoms with Crippen LogP contribution in [0.1, 0.15) is 67.9 Å². The van der Waals surface area contributed by atoms with E-state index in [1.165, 1.54) is 22.3 Å². The Labute approximate surface area is 178 Å². The van der Waals surface area contributed by atoms with Crippen LogP contribution in [-0.2, 0) is 11.2 Å². The van der Waals surface area contributed by atoms with Crippen molar-refractivity contribution in [2.75, 3.05) is 0 Å². The molecule has 2 saturated heterocycles. The molecule has 2 atom stereocenters. The van der Waals surface area contributed by atoms with E-state index in [0.29, 0.717) is 0 Å². The molecule has 0 aromatic heterocycles. The van der Waals surface area contributed by atoms with Crippen molar-refractivity contribution in [1.29, 1.82) is 0 Å². The molecule has 3 aliphatic rings. The second-order valence-electron chi connectivity index (χ2n) is 10.0. The van der Waals surface area contributed by atoms with Crippen molar-refractivity contribution in [2.24, 2.45) is 5.92 Å². The Kier molecular flexibility index (Phi) is 4.49. The van der Waals surface area contributed by atoms with E-state index in [4.69, 9.17) is 4.74 Å². The summed E-state index contributed by atoms with van der Waals surface area (Å²) in [5, 5.41) is 0. The van der Waals surface area contributed by atoms with Gasteiger partial charge in [-0.05, 0) is 81.2 Å². The van der Waals surface area contributed by atoms with E-state index in [0.717, 1.165) is 37.7 Å². The number of ether oxygens (including phenoxy) is 1. The zero-order chi connectivity index (χ0) is 21.0. The van der Waals surface area contributed by atoms with Crippen LogP contribution < -0.4 is 0 Å². The van der Waals surface area contributed by atoms with E-state index in [9.17, 15) is 9.59 Å². The van der Waals surface area contributed by atoms with Crippen LogP contribution in [0.15, 0.2) is 42.5 Å². The third kappa shape index (κ3) is 3.32. The van der Waals surface area contributed by atoms with Crippen LogP contribution >= 0.6 is 0 Å². The minimum atomic E-state index is -0.495. The first kappa shape index (κ1) is 19.3. The lowest BCUT2D eigenvalue weighted by Crippen LogP contribution is -2.49. The molecule has 2 aliphatic heterocycles. The van der Waals surface area contributed by atoms with E-state index >= 15 is 0 Å². The van der Waals surface area contributed by atoms with Gasteiger partial charge in [0.25, 0.3) is 0 Å². The number of Topliss-reactive ketones (excluding diaryl/α,β-unsaturated/α-hetero) is 1. The van der Waals surface area contributed by atoms with E-state index in [1.807, 2.05) is 31.7 Å². The summed E-state index contributed by atoms with van der Waals surface area (Å²) < 4.78 is 5.62. The number of fused-ring (bicyclic) bond motifs is 5. The standard InChI is InChI=1S/C26H29NO3/c1-26(2,3)30-25(29)27-20-9-10-21(27)15-19(14-20)24(28)17-8-11-23-18(13-17)12-16-6-4-5-7-22(16)23/h4-8,11,13,19-21H,9-10,12,14-15H2,1-3H3. The molecule has 2 bridgehead atoms. The number of carbonyl (C=O) groups excluding carboxylic acids is 2. The maximum absolute atomic E-state index is 13.4. The number of benzene rings is 2. The third-order valence-electron chi connectivity index (χ3n) is 6.79. The average molecular weight is 404 g/mol. The lowest BCUT2D eigenvalue weighted by molar-refractivity contribution is 0.00254. The Bertz CT molecular complexity index is 1010. The summed E-state index contributed by atoms with van der Waals surface area (Å²) in [6.45, 7) is 5.69. The van der Waals surface area contributed by atoms with Gasteiger partial charge in [0, 0.05) is 23.6 Å². The zero-order valence-corrected chi connectivity index (χ0v) is 18.0. The van der Waals surface area contributed by atoms with Crippen LogP contribution in [0.25, 0.3) is 11.1 Å². The number of carbonyl (C=O) groups is 2. The summed E-state index contributed by atoms with van der Waals surface area (Å²) in [6.07, 6.45) is 4.09. The molecular formula is C26H29NO3. The average Bonchev–Trinajstić information content (AvgIpc) is 3.19. The summed E-state index contributed by atoms with van der Waals surface area (Å²) in [5.41, 5.74) is 5.44. The lowest BCUT2D eigenvalue weighted by Gasteiger charge is -2.39. The minimum absolute atomic E-state index is 0.0111. The van der Waals surface area contributed by atoms with Crippen LogP contribution in [0.2, 0.25) is 0 Å². The molecule has 5 rings (SSSR count). The molecule has 2 aromatic rings. The molecule has 4 nitrogen and oxygen atoms in total. The highest BCUT2D eigenvalue weighted by Gasteiger charge is 2.46. The van der Waals surface area contributed by atoms with Gasteiger partial charge in [-0.15, -0.1) is 0 Å². The van der Waals surface area contributed by atoms with Gasteiger partial charge in [-0.2, -0.15) is 0 Å². The Hall–Kier alpha value is -2.62. The van der Waals surface area contributed by atoms with Gasteiger partial charge in [0.15, 0.2) is 5.78 Å². The molecule has 0 radical (unpaired) electrons. The molecular weight excluding hydrogens is 374 g/mol. The van der Waals surface area contributed by atoms with Gasteiger partial charge in [-0.1, -0.05) is 36.4 Å². The Morgan fingerprint density at radius 2 is 1.60 bits per heavy atom. The van der Waals surface area contributed by atoms with Crippen LogP contribution in [0.4, 0.5) is 4.79 Å². The van der Waals surface area contributed by atoms with Crippen molar-refractivity contribution in [1.82, 2.24) is 4.90 Å². The van der Waals surface area contributed by atoms with E-state index in [-0.39, 0.29) is 29.9 Å². The van der Waals surface area contributed by atoms with Gasteiger partial charge >= 0.3 is 6.09 Å². The molecule has 2 aromatic carbocycles. The minimum Gasteiger partial charge on any atom is -0.444 e. The first-order valence-electron chi connectivity index (χ1n) is 11.1. The monoisotopic (exact) mass is 403 g/mol. The Morgan fingerprint density at radius 3 is 2.30 bits per heavy atom. The van der Waals surface area contributed by atoms with Gasteiger partial charge < -0.3 is 9.64 Å². The molecule has 30 heavy (non-hydrogen) atoms. The lowest BCUT2D eigenvalue weighted by atomic mass is 9.84. The van der Waals surface area contributed by atoms with Gasteiger partial charge in [-0.3, -0.25) is 4.79 Å². The summed E-state index contributed by atoms with van der Waals surface area (Å²) in [5.74, 6) is 0.220. The highest BCUT2D eigenvalue weighted by atomic mass is 16.6. The molecule has 1 aliphatic carbocycles. The molecule has 4 heteroatoms. The fourth-order valence-corrected chi connectivity index (χ4v) is 5.54. The zero-order valence-electron chi connectivity index (χ0n) is 18.0. The molecule has 0 N–H and O–H groups in total. The van der Waals surface area contributed by atoms with Crippen molar-refractivity contribution in [3.05, 3.63) is 59.2 Å². The maximum Gasteiger partial charge on any atom is 0.410 e. The van der Waals surface area contributed by atoms with E-state index < -0.39 is 5.60 Å². The van der Waals surface area contributed by atoms with Gasteiger partial charge in [0.2, 0.25) is 0 Å². The second-order valence-corrected chi connectivity index (χ2v) is 10.0. The molecule has 156 valence electrons. The topological polar surface area (TPSA) is 46.6 Å². The van der Waals surface area contributed by atoms with Crippen molar-refractivity contribution in [3.63, 3.8) is 0 Å². The van der Waals surface area contributed by atoms with Crippen LogP contribution in [0.3, 0.4) is 0 Å². The van der Waals surface area contributed by atoms with Gasteiger partial charge in [0.1, 0.15) is 5.60 Å². The third-order valence-corrected chi connectivity index (χ3v) is 6.79. The SMILES string of the molecule is CC(C)(C)OC(=O)N1C2CCC1CC(C(=O)c1ccc3c(c1)Cc1ccccc1-3)C2.